The lowest BCUT2D eigenvalue weighted by molar-refractivity contribution is 0.0899. The molecule has 1 amide bonds. The highest BCUT2D eigenvalue weighted by atomic mass is 79.9. The molecular formula is C14H21BrN2O2. The van der Waals surface area contributed by atoms with Gasteiger partial charge in [0, 0.05) is 17.6 Å². The van der Waals surface area contributed by atoms with Crippen LogP contribution in [0.2, 0.25) is 0 Å². The molecule has 0 saturated heterocycles. The monoisotopic (exact) mass is 328 g/mol. The Bertz CT molecular complexity index is 422. The molecule has 0 aliphatic heterocycles. The summed E-state index contributed by atoms with van der Waals surface area (Å²) in [6, 6.07) is 5.68. The van der Waals surface area contributed by atoms with Gasteiger partial charge in [-0.3, -0.25) is 4.79 Å². The van der Waals surface area contributed by atoms with Crippen molar-refractivity contribution in [2.24, 2.45) is 0 Å². The summed E-state index contributed by atoms with van der Waals surface area (Å²) in [5.41, 5.74) is 1.77. The van der Waals surface area contributed by atoms with E-state index < -0.39 is 0 Å². The molecule has 0 aliphatic rings. The molecule has 1 N–H and O–H groups in total. The van der Waals surface area contributed by atoms with Crippen molar-refractivity contribution in [1.82, 2.24) is 10.2 Å². The molecule has 1 aromatic rings. The highest BCUT2D eigenvalue weighted by Gasteiger charge is 2.08. The Morgan fingerprint density at radius 2 is 2.11 bits per heavy atom. The molecule has 106 valence electrons. The Kier molecular flexibility index (Phi) is 7.05. The molecule has 0 heterocycles. The third kappa shape index (κ3) is 6.18. The number of amides is 1. The predicted molar refractivity (Wildman–Crippen MR) is 80.6 cm³/mol. The minimum Gasteiger partial charge on any atom is -0.378 e. The number of rotatable bonds is 7. The molecule has 0 aliphatic carbocycles. The zero-order chi connectivity index (χ0) is 14.3. The first-order chi connectivity index (χ1) is 9.00. The summed E-state index contributed by atoms with van der Waals surface area (Å²) in [6.45, 7) is 4.61. The average molecular weight is 329 g/mol. The number of hydrogen-bond acceptors (Lipinski definition) is 3. The van der Waals surface area contributed by atoms with Crippen molar-refractivity contribution in [1.29, 1.82) is 0 Å². The molecule has 0 unspecified atom stereocenters. The van der Waals surface area contributed by atoms with E-state index in [1.165, 1.54) is 0 Å². The van der Waals surface area contributed by atoms with Crippen LogP contribution in [0.1, 0.15) is 15.9 Å². The van der Waals surface area contributed by atoms with E-state index in [1.807, 2.05) is 39.2 Å². The van der Waals surface area contributed by atoms with Crippen LogP contribution in [-0.2, 0) is 4.74 Å². The molecule has 5 heteroatoms. The largest absolute Gasteiger partial charge is 0.378 e. The number of hydrogen-bond donors (Lipinski definition) is 1. The minimum atomic E-state index is -0.0805. The third-order valence-corrected chi connectivity index (χ3v) is 3.24. The fraction of sp³-hybridized carbons (Fsp3) is 0.500. The topological polar surface area (TPSA) is 41.6 Å². The second-order valence-electron chi connectivity index (χ2n) is 4.65. The molecule has 1 aromatic carbocycles. The number of nitrogens with zero attached hydrogens (tertiary/aromatic N) is 1. The van der Waals surface area contributed by atoms with Crippen LogP contribution in [0.25, 0.3) is 0 Å². The van der Waals surface area contributed by atoms with Gasteiger partial charge in [-0.25, -0.2) is 0 Å². The molecule has 4 nitrogen and oxygen atoms in total. The SMILES string of the molecule is Cc1ccc(C(=O)NCCOCCN(C)C)c(Br)c1. The Hall–Kier alpha value is -0.910. The summed E-state index contributed by atoms with van der Waals surface area (Å²) in [4.78, 5) is 14.0. The summed E-state index contributed by atoms with van der Waals surface area (Å²) < 4.78 is 6.23. The third-order valence-electron chi connectivity index (χ3n) is 2.58. The van der Waals surface area contributed by atoms with Gasteiger partial charge in [0.15, 0.2) is 0 Å². The van der Waals surface area contributed by atoms with Gasteiger partial charge < -0.3 is 15.0 Å². The van der Waals surface area contributed by atoms with Gasteiger partial charge in [-0.1, -0.05) is 6.07 Å². The number of aryl methyl sites for hydroxylation is 1. The lowest BCUT2D eigenvalue weighted by Crippen LogP contribution is -2.28. The van der Waals surface area contributed by atoms with Crippen molar-refractivity contribution in [2.75, 3.05) is 40.4 Å². The summed E-state index contributed by atoms with van der Waals surface area (Å²) in [5, 5.41) is 2.84. The van der Waals surface area contributed by atoms with Crippen molar-refractivity contribution in [3.63, 3.8) is 0 Å². The van der Waals surface area contributed by atoms with Crippen LogP contribution in [0.15, 0.2) is 22.7 Å². The van der Waals surface area contributed by atoms with Crippen LogP contribution < -0.4 is 5.32 Å². The number of likely N-dealkylation sites (N-methyl/N-ethyl adjacent to an activating group) is 1. The second kappa shape index (κ2) is 8.30. The first-order valence-corrected chi connectivity index (χ1v) is 7.07. The number of halogens is 1. The van der Waals surface area contributed by atoms with Gasteiger partial charge in [0.2, 0.25) is 0 Å². The molecule has 1 rings (SSSR count). The Balaban J connectivity index is 2.28. The number of carbonyl (C=O) groups excluding carboxylic acids is 1. The van der Waals surface area contributed by atoms with E-state index in [1.54, 1.807) is 0 Å². The Morgan fingerprint density at radius 3 is 2.74 bits per heavy atom. The van der Waals surface area contributed by atoms with Crippen LogP contribution in [0.4, 0.5) is 0 Å². The number of carbonyl (C=O) groups is 1. The van der Waals surface area contributed by atoms with E-state index in [0.717, 1.165) is 16.6 Å². The zero-order valence-electron chi connectivity index (χ0n) is 11.7. The van der Waals surface area contributed by atoms with E-state index in [0.29, 0.717) is 25.3 Å². The lowest BCUT2D eigenvalue weighted by atomic mass is 10.1. The average Bonchev–Trinajstić information content (AvgIpc) is 2.32. The van der Waals surface area contributed by atoms with Gasteiger partial charge in [0.25, 0.3) is 5.91 Å². The van der Waals surface area contributed by atoms with Crippen molar-refractivity contribution >= 4 is 21.8 Å². The smallest absolute Gasteiger partial charge is 0.252 e. The normalized spacial score (nSPS) is 10.8. The minimum absolute atomic E-state index is 0.0805. The van der Waals surface area contributed by atoms with Crippen molar-refractivity contribution in [3.8, 4) is 0 Å². The highest BCUT2D eigenvalue weighted by Crippen LogP contribution is 2.17. The maximum absolute atomic E-state index is 11.9. The summed E-state index contributed by atoms with van der Waals surface area (Å²) in [7, 11) is 4.00. The molecule has 0 bridgehead atoms. The predicted octanol–water partition coefficient (Wildman–Crippen LogP) is 2.07. The van der Waals surface area contributed by atoms with E-state index >= 15 is 0 Å². The lowest BCUT2D eigenvalue weighted by Gasteiger charge is -2.10. The van der Waals surface area contributed by atoms with Crippen molar-refractivity contribution < 1.29 is 9.53 Å². The quantitative estimate of drug-likeness (QED) is 0.779. The van der Waals surface area contributed by atoms with E-state index in [2.05, 4.69) is 26.1 Å². The van der Waals surface area contributed by atoms with Crippen molar-refractivity contribution in [2.45, 2.75) is 6.92 Å². The maximum atomic E-state index is 11.9. The number of benzene rings is 1. The molecule has 0 aromatic heterocycles. The maximum Gasteiger partial charge on any atom is 0.252 e. The first kappa shape index (κ1) is 16.1. The standard InChI is InChI=1S/C14H21BrN2O2/c1-11-4-5-12(13(15)10-11)14(18)16-6-8-19-9-7-17(2)3/h4-5,10H,6-9H2,1-3H3,(H,16,18). The van der Waals surface area contributed by atoms with Gasteiger partial charge in [0.1, 0.15) is 0 Å². The summed E-state index contributed by atoms with van der Waals surface area (Å²) in [5.74, 6) is -0.0805. The van der Waals surface area contributed by atoms with E-state index in [4.69, 9.17) is 4.74 Å². The zero-order valence-corrected chi connectivity index (χ0v) is 13.3. The summed E-state index contributed by atoms with van der Waals surface area (Å²) in [6.07, 6.45) is 0. The van der Waals surface area contributed by atoms with Gasteiger partial charge >= 0.3 is 0 Å². The molecule has 0 spiro atoms. The highest BCUT2D eigenvalue weighted by molar-refractivity contribution is 9.10. The first-order valence-electron chi connectivity index (χ1n) is 6.27. The van der Waals surface area contributed by atoms with Gasteiger partial charge in [-0.2, -0.15) is 0 Å². The fourth-order valence-corrected chi connectivity index (χ4v) is 2.16. The Morgan fingerprint density at radius 1 is 1.37 bits per heavy atom. The summed E-state index contributed by atoms with van der Waals surface area (Å²) >= 11 is 3.40. The van der Waals surface area contributed by atoms with Crippen LogP contribution in [0, 0.1) is 6.92 Å². The molecule has 19 heavy (non-hydrogen) atoms. The molecular weight excluding hydrogens is 308 g/mol. The molecule has 0 radical (unpaired) electrons. The molecule has 0 saturated carbocycles. The molecule has 0 atom stereocenters. The van der Waals surface area contributed by atoms with Gasteiger partial charge in [-0.15, -0.1) is 0 Å². The van der Waals surface area contributed by atoms with Gasteiger partial charge in [0.05, 0.1) is 18.8 Å². The van der Waals surface area contributed by atoms with Crippen LogP contribution in [0.3, 0.4) is 0 Å². The van der Waals surface area contributed by atoms with Crippen LogP contribution in [-0.4, -0.2) is 51.2 Å². The van der Waals surface area contributed by atoms with Crippen LogP contribution >= 0.6 is 15.9 Å². The molecule has 0 fully saturated rings. The van der Waals surface area contributed by atoms with Crippen molar-refractivity contribution in [3.05, 3.63) is 33.8 Å². The Labute approximate surface area is 123 Å². The fourth-order valence-electron chi connectivity index (χ4n) is 1.49. The van der Waals surface area contributed by atoms with Gasteiger partial charge in [-0.05, 0) is 54.6 Å². The van der Waals surface area contributed by atoms with Crippen LogP contribution in [0.5, 0.6) is 0 Å². The van der Waals surface area contributed by atoms with E-state index in [-0.39, 0.29) is 5.91 Å². The van der Waals surface area contributed by atoms with E-state index in [9.17, 15) is 4.79 Å². The number of nitrogens with one attached hydrogen (secondary N) is 1. The number of ether oxygens (including phenoxy) is 1. The second-order valence-corrected chi connectivity index (χ2v) is 5.51.